The average Bonchev–Trinajstić information content (AvgIpc) is 2.31. The molecule has 1 aliphatic carbocycles. The molecule has 12 heavy (non-hydrogen) atoms. The van der Waals surface area contributed by atoms with Gasteiger partial charge in [-0.2, -0.15) is 0 Å². The summed E-state index contributed by atoms with van der Waals surface area (Å²) in [5.41, 5.74) is 7.46. The van der Waals surface area contributed by atoms with Gasteiger partial charge >= 0.3 is 0 Å². The summed E-state index contributed by atoms with van der Waals surface area (Å²) >= 11 is 1.86. The van der Waals surface area contributed by atoms with E-state index in [-0.39, 0.29) is 12.4 Å². The Morgan fingerprint density at radius 3 is 3.17 bits per heavy atom. The molecule has 1 aromatic heterocycles. The van der Waals surface area contributed by atoms with Crippen LogP contribution in [-0.2, 0) is 12.8 Å². The second-order valence-corrected chi connectivity index (χ2v) is 4.23. The molecule has 0 bridgehead atoms. The number of halogens is 1. The second-order valence-electron chi connectivity index (χ2n) is 3.23. The van der Waals surface area contributed by atoms with Gasteiger partial charge in [0.2, 0.25) is 0 Å². The van der Waals surface area contributed by atoms with E-state index in [9.17, 15) is 0 Å². The molecule has 2 rings (SSSR count). The molecule has 0 aromatic carbocycles. The molecule has 0 spiro atoms. The molecule has 0 amide bonds. The van der Waals surface area contributed by atoms with E-state index in [1.807, 2.05) is 11.3 Å². The van der Waals surface area contributed by atoms with Crippen molar-refractivity contribution in [1.82, 2.24) is 0 Å². The van der Waals surface area contributed by atoms with Crippen LogP contribution < -0.4 is 5.73 Å². The van der Waals surface area contributed by atoms with Gasteiger partial charge in [0.1, 0.15) is 0 Å². The van der Waals surface area contributed by atoms with Crippen molar-refractivity contribution in [2.75, 3.05) is 0 Å². The Hall–Kier alpha value is -0.0500. The maximum Gasteiger partial charge on any atom is 0.00926 e. The van der Waals surface area contributed by atoms with Crippen molar-refractivity contribution >= 4 is 23.7 Å². The van der Waals surface area contributed by atoms with Crippen molar-refractivity contribution in [3.63, 3.8) is 0 Å². The van der Waals surface area contributed by atoms with Crippen molar-refractivity contribution in [3.8, 4) is 0 Å². The van der Waals surface area contributed by atoms with Crippen LogP contribution in [0.2, 0.25) is 0 Å². The van der Waals surface area contributed by atoms with Crippen LogP contribution in [0.15, 0.2) is 11.4 Å². The van der Waals surface area contributed by atoms with Crippen molar-refractivity contribution in [1.29, 1.82) is 0 Å². The first-order valence-corrected chi connectivity index (χ1v) is 5.05. The maximum atomic E-state index is 5.92. The number of thiophene rings is 1. The third-order valence-electron chi connectivity index (χ3n) is 2.31. The van der Waals surface area contributed by atoms with Crippen LogP contribution in [0.5, 0.6) is 0 Å². The highest BCUT2D eigenvalue weighted by Crippen LogP contribution is 2.24. The molecule has 0 aliphatic heterocycles. The minimum atomic E-state index is 0. The number of fused-ring (bicyclic) bond motifs is 1. The van der Waals surface area contributed by atoms with Gasteiger partial charge in [0, 0.05) is 10.9 Å². The molecule has 1 heterocycles. The number of hydrogen-bond acceptors (Lipinski definition) is 2. The first-order valence-electron chi connectivity index (χ1n) is 4.17. The van der Waals surface area contributed by atoms with Crippen LogP contribution in [-0.4, -0.2) is 6.04 Å². The summed E-state index contributed by atoms with van der Waals surface area (Å²) < 4.78 is 0. The summed E-state index contributed by atoms with van der Waals surface area (Å²) in [4.78, 5) is 1.52. The van der Waals surface area contributed by atoms with Gasteiger partial charge in [-0.25, -0.2) is 0 Å². The number of nitrogens with two attached hydrogens (primary N) is 1. The second kappa shape index (κ2) is 4.26. The minimum absolute atomic E-state index is 0. The molecule has 1 nitrogen and oxygen atoms in total. The van der Waals surface area contributed by atoms with Crippen molar-refractivity contribution in [2.45, 2.75) is 31.7 Å². The fourth-order valence-electron chi connectivity index (χ4n) is 1.66. The van der Waals surface area contributed by atoms with Crippen molar-refractivity contribution in [3.05, 3.63) is 21.9 Å². The lowest BCUT2D eigenvalue weighted by Gasteiger charge is -2.04. The van der Waals surface area contributed by atoms with Crippen molar-refractivity contribution in [2.24, 2.45) is 5.73 Å². The Morgan fingerprint density at radius 2 is 2.33 bits per heavy atom. The summed E-state index contributed by atoms with van der Waals surface area (Å²) in [6.07, 6.45) is 4.81. The van der Waals surface area contributed by atoms with Crippen LogP contribution in [0.25, 0.3) is 0 Å². The maximum absolute atomic E-state index is 5.92. The summed E-state index contributed by atoms with van der Waals surface area (Å²) in [6, 6.07) is 2.66. The largest absolute Gasteiger partial charge is 0.327 e. The lowest BCUT2D eigenvalue weighted by atomic mass is 10.1. The predicted molar refractivity (Wildman–Crippen MR) is 56.2 cm³/mol. The molecule has 1 aliphatic rings. The Bertz CT molecular complexity index is 246. The smallest absolute Gasteiger partial charge is 0.00926 e. The molecule has 0 saturated carbocycles. The number of hydrogen-bond donors (Lipinski definition) is 1. The normalized spacial score (nSPS) is 22.2. The van der Waals surface area contributed by atoms with Gasteiger partial charge in [-0.15, -0.1) is 23.7 Å². The van der Waals surface area contributed by atoms with E-state index in [2.05, 4.69) is 11.4 Å². The van der Waals surface area contributed by atoms with E-state index in [4.69, 9.17) is 5.73 Å². The quantitative estimate of drug-likeness (QED) is 0.644. The molecule has 3 heteroatoms. The average molecular weight is 204 g/mol. The fourth-order valence-corrected chi connectivity index (χ4v) is 2.69. The molecular formula is C9H14ClNS. The molecular weight excluding hydrogens is 190 g/mol. The SMILES string of the molecule is Cl.NC1CCCc2ccsc2C1. The molecule has 1 unspecified atom stereocenters. The van der Waals surface area contributed by atoms with E-state index < -0.39 is 0 Å². The number of rotatable bonds is 0. The van der Waals surface area contributed by atoms with E-state index in [0.29, 0.717) is 6.04 Å². The highest BCUT2D eigenvalue weighted by molar-refractivity contribution is 7.10. The Kier molecular flexibility index (Phi) is 3.56. The standard InChI is InChI=1S/C9H13NS.ClH/c10-8-3-1-2-7-4-5-11-9(7)6-8;/h4-5,8H,1-3,6,10H2;1H. The monoisotopic (exact) mass is 203 g/mol. The Balaban J connectivity index is 0.000000720. The topological polar surface area (TPSA) is 26.0 Å². The minimum Gasteiger partial charge on any atom is -0.327 e. The summed E-state index contributed by atoms with van der Waals surface area (Å²) in [5, 5.41) is 2.18. The van der Waals surface area contributed by atoms with Crippen LogP contribution in [0.1, 0.15) is 23.3 Å². The van der Waals surface area contributed by atoms with Crippen LogP contribution >= 0.6 is 23.7 Å². The zero-order chi connectivity index (χ0) is 7.68. The lowest BCUT2D eigenvalue weighted by molar-refractivity contribution is 0.605. The zero-order valence-electron chi connectivity index (χ0n) is 6.95. The highest BCUT2D eigenvalue weighted by atomic mass is 35.5. The molecule has 0 fully saturated rings. The van der Waals surface area contributed by atoms with Crippen molar-refractivity contribution < 1.29 is 0 Å². The lowest BCUT2D eigenvalue weighted by Crippen LogP contribution is -2.20. The van der Waals surface area contributed by atoms with E-state index in [1.54, 1.807) is 5.56 Å². The van der Waals surface area contributed by atoms with Gasteiger partial charge in [-0.05, 0) is 42.7 Å². The third-order valence-corrected chi connectivity index (χ3v) is 3.29. The fraction of sp³-hybridized carbons (Fsp3) is 0.556. The van der Waals surface area contributed by atoms with Gasteiger partial charge in [0.05, 0.1) is 0 Å². The van der Waals surface area contributed by atoms with E-state index >= 15 is 0 Å². The summed E-state index contributed by atoms with van der Waals surface area (Å²) in [6.45, 7) is 0. The number of aryl methyl sites for hydroxylation is 1. The molecule has 2 N–H and O–H groups in total. The first-order chi connectivity index (χ1) is 5.36. The van der Waals surface area contributed by atoms with E-state index in [0.717, 1.165) is 6.42 Å². The molecule has 0 radical (unpaired) electrons. The predicted octanol–water partition coefficient (Wildman–Crippen LogP) is 2.38. The summed E-state index contributed by atoms with van der Waals surface area (Å²) in [5.74, 6) is 0. The van der Waals surface area contributed by atoms with Gasteiger partial charge in [-0.3, -0.25) is 0 Å². The van der Waals surface area contributed by atoms with Crippen LogP contribution in [0.3, 0.4) is 0 Å². The summed E-state index contributed by atoms with van der Waals surface area (Å²) in [7, 11) is 0. The molecule has 1 atom stereocenters. The van der Waals surface area contributed by atoms with Gasteiger partial charge < -0.3 is 5.73 Å². The Morgan fingerprint density at radius 1 is 1.50 bits per heavy atom. The van der Waals surface area contributed by atoms with Gasteiger partial charge in [0.25, 0.3) is 0 Å². The van der Waals surface area contributed by atoms with Crippen LogP contribution in [0.4, 0.5) is 0 Å². The molecule has 1 aromatic rings. The molecule has 68 valence electrons. The third kappa shape index (κ3) is 2.00. The first kappa shape index (κ1) is 10.0. The zero-order valence-corrected chi connectivity index (χ0v) is 8.59. The Labute approximate surface area is 83.4 Å². The van der Waals surface area contributed by atoms with Crippen LogP contribution in [0, 0.1) is 0 Å². The molecule has 0 saturated heterocycles. The van der Waals surface area contributed by atoms with E-state index in [1.165, 1.54) is 24.1 Å². The highest BCUT2D eigenvalue weighted by Gasteiger charge is 2.13. The van der Waals surface area contributed by atoms with Gasteiger partial charge in [0.15, 0.2) is 0 Å². The van der Waals surface area contributed by atoms with Gasteiger partial charge in [-0.1, -0.05) is 0 Å².